The molecule has 0 saturated heterocycles. The molecule has 0 bridgehead atoms. The van der Waals surface area contributed by atoms with Gasteiger partial charge in [0.15, 0.2) is 0 Å². The van der Waals surface area contributed by atoms with Gasteiger partial charge in [0.25, 0.3) is 5.16 Å². The molecule has 1 N–H and O–H groups in total. The molecule has 13 heavy (non-hydrogen) atoms. The molecular formula is C7H12N2O3S. The topological polar surface area (TPSA) is 72.2 Å². The standard InChI is InChI=1S/C7H12N2O3S/c1-2-3-5-9-6-4-8-7(9)13(10,11)12/h4,6H,2-3,5H2,1H3,(H,10,11,12). The first kappa shape index (κ1) is 10.2. The van der Waals surface area contributed by atoms with Crippen molar-refractivity contribution in [1.29, 1.82) is 0 Å². The number of unbranched alkanes of at least 4 members (excludes halogenated alkanes) is 1. The molecule has 1 aromatic rings. The molecule has 0 saturated carbocycles. The lowest BCUT2D eigenvalue weighted by molar-refractivity contribution is 0.459. The molecule has 0 unspecified atom stereocenters. The summed E-state index contributed by atoms with van der Waals surface area (Å²) in [5.41, 5.74) is 0. The Morgan fingerprint density at radius 2 is 2.31 bits per heavy atom. The normalized spacial score (nSPS) is 11.8. The Hall–Kier alpha value is -0.880. The number of nitrogens with zero attached hydrogens (tertiary/aromatic N) is 2. The van der Waals surface area contributed by atoms with Crippen LogP contribution in [-0.2, 0) is 16.7 Å². The van der Waals surface area contributed by atoms with Crippen molar-refractivity contribution in [3.05, 3.63) is 12.4 Å². The lowest BCUT2D eigenvalue weighted by Gasteiger charge is -2.03. The molecule has 0 atom stereocenters. The van der Waals surface area contributed by atoms with E-state index in [1.165, 1.54) is 10.8 Å². The zero-order chi connectivity index (χ0) is 9.90. The van der Waals surface area contributed by atoms with Gasteiger partial charge in [0.2, 0.25) is 0 Å². The smallest absolute Gasteiger partial charge is 0.320 e. The molecule has 0 radical (unpaired) electrons. The predicted molar refractivity (Wildman–Crippen MR) is 46.9 cm³/mol. The maximum Gasteiger partial charge on any atom is 0.328 e. The van der Waals surface area contributed by atoms with Crippen molar-refractivity contribution in [2.24, 2.45) is 0 Å². The van der Waals surface area contributed by atoms with E-state index in [9.17, 15) is 8.42 Å². The molecule has 74 valence electrons. The molecule has 1 rings (SSSR count). The molecule has 0 spiro atoms. The molecule has 1 heterocycles. The molecule has 0 aliphatic heterocycles. The van der Waals surface area contributed by atoms with Crippen LogP contribution in [0.15, 0.2) is 17.6 Å². The Balaban J connectivity index is 2.90. The molecule has 0 aliphatic rings. The Labute approximate surface area is 77.2 Å². The number of imidazole rings is 1. The molecule has 5 nitrogen and oxygen atoms in total. The summed E-state index contributed by atoms with van der Waals surface area (Å²) >= 11 is 0. The fraction of sp³-hybridized carbons (Fsp3) is 0.571. The highest BCUT2D eigenvalue weighted by Gasteiger charge is 2.15. The Bertz CT molecular complexity index is 369. The minimum absolute atomic E-state index is 0.277. The number of aryl methyl sites for hydroxylation is 1. The van der Waals surface area contributed by atoms with E-state index in [-0.39, 0.29) is 5.16 Å². The molecule has 0 aliphatic carbocycles. The summed E-state index contributed by atoms with van der Waals surface area (Å²) in [5.74, 6) is 0. The second kappa shape index (κ2) is 3.89. The van der Waals surface area contributed by atoms with Gasteiger partial charge in [-0.25, -0.2) is 4.98 Å². The lowest BCUT2D eigenvalue weighted by Crippen LogP contribution is -2.09. The molecule has 0 aromatic carbocycles. The maximum atomic E-state index is 10.8. The van der Waals surface area contributed by atoms with E-state index < -0.39 is 10.1 Å². The summed E-state index contributed by atoms with van der Waals surface area (Å²) in [6.07, 6.45) is 4.72. The lowest BCUT2D eigenvalue weighted by atomic mass is 10.3. The highest BCUT2D eigenvalue weighted by atomic mass is 32.2. The van der Waals surface area contributed by atoms with Crippen LogP contribution in [0.1, 0.15) is 19.8 Å². The minimum atomic E-state index is -4.17. The summed E-state index contributed by atoms with van der Waals surface area (Å²) in [5, 5.41) is -0.277. The van der Waals surface area contributed by atoms with Crippen molar-refractivity contribution in [1.82, 2.24) is 9.55 Å². The number of hydrogen-bond acceptors (Lipinski definition) is 3. The van der Waals surface area contributed by atoms with Gasteiger partial charge in [-0.2, -0.15) is 8.42 Å². The van der Waals surface area contributed by atoms with Crippen LogP contribution in [0.5, 0.6) is 0 Å². The second-order valence-corrected chi connectivity index (χ2v) is 4.05. The van der Waals surface area contributed by atoms with Crippen LogP contribution >= 0.6 is 0 Å². The average Bonchev–Trinajstić information content (AvgIpc) is 2.47. The van der Waals surface area contributed by atoms with Crippen molar-refractivity contribution in [3.8, 4) is 0 Å². The van der Waals surface area contributed by atoms with Crippen molar-refractivity contribution < 1.29 is 13.0 Å². The summed E-state index contributed by atoms with van der Waals surface area (Å²) in [4.78, 5) is 3.57. The largest absolute Gasteiger partial charge is 0.328 e. The van der Waals surface area contributed by atoms with Gasteiger partial charge in [-0.05, 0) is 6.42 Å². The van der Waals surface area contributed by atoms with Crippen LogP contribution in [0.4, 0.5) is 0 Å². The van der Waals surface area contributed by atoms with Gasteiger partial charge in [-0.15, -0.1) is 0 Å². The van der Waals surface area contributed by atoms with Crippen molar-refractivity contribution in [2.45, 2.75) is 31.5 Å². The van der Waals surface area contributed by atoms with E-state index in [2.05, 4.69) is 4.98 Å². The van der Waals surface area contributed by atoms with Gasteiger partial charge in [0.05, 0.1) is 0 Å². The number of aromatic nitrogens is 2. The van der Waals surface area contributed by atoms with Crippen LogP contribution in [0, 0.1) is 0 Å². The monoisotopic (exact) mass is 204 g/mol. The highest BCUT2D eigenvalue weighted by Crippen LogP contribution is 2.06. The van der Waals surface area contributed by atoms with Gasteiger partial charge >= 0.3 is 10.1 Å². The van der Waals surface area contributed by atoms with Gasteiger partial charge < -0.3 is 4.57 Å². The van der Waals surface area contributed by atoms with Gasteiger partial charge in [-0.3, -0.25) is 4.55 Å². The molecule has 0 amide bonds. The van der Waals surface area contributed by atoms with Crippen LogP contribution < -0.4 is 0 Å². The zero-order valence-electron chi connectivity index (χ0n) is 7.34. The predicted octanol–water partition coefficient (Wildman–Crippen LogP) is 0.930. The fourth-order valence-electron chi connectivity index (χ4n) is 1.03. The van der Waals surface area contributed by atoms with Gasteiger partial charge in [0.1, 0.15) is 0 Å². The highest BCUT2D eigenvalue weighted by molar-refractivity contribution is 7.85. The van der Waals surface area contributed by atoms with Crippen molar-refractivity contribution in [3.63, 3.8) is 0 Å². The summed E-state index contributed by atoms with van der Waals surface area (Å²) in [6.45, 7) is 2.57. The maximum absolute atomic E-state index is 10.8. The van der Waals surface area contributed by atoms with Gasteiger partial charge in [0, 0.05) is 18.9 Å². The van der Waals surface area contributed by atoms with Gasteiger partial charge in [-0.1, -0.05) is 13.3 Å². The Morgan fingerprint density at radius 3 is 2.85 bits per heavy atom. The zero-order valence-corrected chi connectivity index (χ0v) is 8.16. The first-order chi connectivity index (χ1) is 6.05. The van der Waals surface area contributed by atoms with E-state index in [1.54, 1.807) is 6.20 Å². The van der Waals surface area contributed by atoms with Crippen molar-refractivity contribution in [2.75, 3.05) is 0 Å². The fourth-order valence-corrected chi connectivity index (χ4v) is 1.67. The van der Waals surface area contributed by atoms with Crippen LogP contribution in [0.25, 0.3) is 0 Å². The van der Waals surface area contributed by atoms with E-state index in [1.807, 2.05) is 6.92 Å². The molecule has 1 aromatic heterocycles. The minimum Gasteiger partial charge on any atom is -0.320 e. The van der Waals surface area contributed by atoms with Crippen LogP contribution in [-0.4, -0.2) is 22.5 Å². The number of rotatable bonds is 4. The third kappa shape index (κ3) is 2.53. The van der Waals surface area contributed by atoms with Crippen LogP contribution in [0.2, 0.25) is 0 Å². The van der Waals surface area contributed by atoms with Crippen LogP contribution in [0.3, 0.4) is 0 Å². The summed E-state index contributed by atoms with van der Waals surface area (Å²) < 4.78 is 31.7. The van der Waals surface area contributed by atoms with E-state index in [4.69, 9.17) is 4.55 Å². The SMILES string of the molecule is CCCCn1ccnc1S(=O)(=O)O. The quantitative estimate of drug-likeness (QED) is 0.740. The third-order valence-electron chi connectivity index (χ3n) is 1.66. The van der Waals surface area contributed by atoms with E-state index >= 15 is 0 Å². The Morgan fingerprint density at radius 1 is 1.62 bits per heavy atom. The summed E-state index contributed by atoms with van der Waals surface area (Å²) in [7, 11) is -4.17. The number of hydrogen-bond donors (Lipinski definition) is 1. The molecule has 0 fully saturated rings. The second-order valence-electron chi connectivity index (χ2n) is 2.73. The summed E-state index contributed by atoms with van der Waals surface area (Å²) in [6, 6.07) is 0. The molecular weight excluding hydrogens is 192 g/mol. The molecule has 6 heteroatoms. The average molecular weight is 204 g/mol. The van der Waals surface area contributed by atoms with Crippen molar-refractivity contribution >= 4 is 10.1 Å². The third-order valence-corrected chi connectivity index (χ3v) is 2.46. The van der Waals surface area contributed by atoms with E-state index in [0.29, 0.717) is 6.54 Å². The first-order valence-electron chi connectivity index (χ1n) is 4.04. The first-order valence-corrected chi connectivity index (χ1v) is 5.48. The van der Waals surface area contributed by atoms with E-state index in [0.717, 1.165) is 12.8 Å². The Kier molecular flexibility index (Phi) is 3.05.